The summed E-state index contributed by atoms with van der Waals surface area (Å²) < 4.78 is 5.16. The van der Waals surface area contributed by atoms with Crippen LogP contribution in [-0.2, 0) is 4.79 Å². The molecule has 35 heavy (non-hydrogen) atoms. The monoisotopic (exact) mass is 469 g/mol. The fourth-order valence-corrected chi connectivity index (χ4v) is 4.19. The Morgan fingerprint density at radius 3 is 2.29 bits per heavy atom. The second-order valence-electron chi connectivity index (χ2n) is 9.10. The number of hydrogen-bond donors (Lipinski definition) is 0. The number of hydrazone groups is 1. The first kappa shape index (κ1) is 24.2. The van der Waals surface area contributed by atoms with Crippen LogP contribution in [0.1, 0.15) is 50.6 Å². The van der Waals surface area contributed by atoms with Crippen molar-refractivity contribution in [1.29, 1.82) is 0 Å². The van der Waals surface area contributed by atoms with Gasteiger partial charge in [0.15, 0.2) is 0 Å². The Labute approximate surface area is 206 Å². The fourth-order valence-electron chi connectivity index (χ4n) is 4.19. The predicted octanol–water partition coefficient (Wildman–Crippen LogP) is 5.07. The number of amides is 2. The maximum Gasteiger partial charge on any atom is 0.262 e. The molecule has 0 aromatic heterocycles. The molecule has 0 bridgehead atoms. The number of methoxy groups -OCH3 is 1. The van der Waals surface area contributed by atoms with Crippen molar-refractivity contribution in [3.63, 3.8) is 0 Å². The van der Waals surface area contributed by atoms with Gasteiger partial charge in [0.25, 0.3) is 11.8 Å². The van der Waals surface area contributed by atoms with Crippen molar-refractivity contribution >= 4 is 17.5 Å². The lowest BCUT2D eigenvalue weighted by Crippen LogP contribution is -2.39. The summed E-state index contributed by atoms with van der Waals surface area (Å²) in [5.74, 6) is 0.218. The Kier molecular flexibility index (Phi) is 7.01. The van der Waals surface area contributed by atoms with Crippen LogP contribution in [0.3, 0.4) is 0 Å². The zero-order valence-electron chi connectivity index (χ0n) is 20.9. The van der Waals surface area contributed by atoms with Gasteiger partial charge in [-0.25, -0.2) is 5.01 Å². The Bertz CT molecular complexity index is 1260. The highest BCUT2D eigenvalue weighted by Crippen LogP contribution is 2.33. The summed E-state index contributed by atoms with van der Waals surface area (Å²) in [5, 5.41) is 6.31. The molecule has 0 aliphatic carbocycles. The van der Waals surface area contributed by atoms with Crippen molar-refractivity contribution in [3.8, 4) is 5.75 Å². The van der Waals surface area contributed by atoms with Gasteiger partial charge < -0.3 is 9.64 Å². The van der Waals surface area contributed by atoms with Gasteiger partial charge in [-0.15, -0.1) is 0 Å². The van der Waals surface area contributed by atoms with Crippen LogP contribution in [0.5, 0.6) is 5.75 Å². The van der Waals surface area contributed by atoms with Crippen LogP contribution < -0.4 is 4.74 Å². The molecule has 3 aromatic rings. The molecular weight excluding hydrogens is 438 g/mol. The van der Waals surface area contributed by atoms with E-state index in [1.807, 2.05) is 31.2 Å². The molecule has 6 nitrogen and oxygen atoms in total. The van der Waals surface area contributed by atoms with E-state index in [4.69, 9.17) is 9.84 Å². The van der Waals surface area contributed by atoms with Crippen molar-refractivity contribution in [2.45, 2.75) is 33.2 Å². The van der Waals surface area contributed by atoms with Crippen molar-refractivity contribution in [2.24, 2.45) is 5.10 Å². The standard InChI is InChI=1S/C29H31N3O3/c1-19-6-9-22(10-7-19)27-17-26(24-11-8-20(2)21(3)16-24)30-32(27)28(33)18-31(4)29(34)23-12-14-25(35-5)15-13-23/h6-16,27H,17-18H2,1-5H3/t27-/m0/s1. The molecule has 180 valence electrons. The highest BCUT2D eigenvalue weighted by molar-refractivity contribution is 6.04. The highest BCUT2D eigenvalue weighted by Gasteiger charge is 2.34. The highest BCUT2D eigenvalue weighted by atomic mass is 16.5. The smallest absolute Gasteiger partial charge is 0.262 e. The zero-order valence-corrected chi connectivity index (χ0v) is 20.9. The number of hydrogen-bond acceptors (Lipinski definition) is 4. The number of carbonyl (C=O) groups is 2. The molecule has 0 radical (unpaired) electrons. The van der Waals surface area contributed by atoms with E-state index in [-0.39, 0.29) is 24.4 Å². The molecule has 0 unspecified atom stereocenters. The van der Waals surface area contributed by atoms with E-state index in [0.717, 1.165) is 22.4 Å². The molecule has 2 amide bonds. The average Bonchev–Trinajstić information content (AvgIpc) is 3.31. The second kappa shape index (κ2) is 10.1. The molecular formula is C29H31N3O3. The van der Waals surface area contributed by atoms with E-state index >= 15 is 0 Å². The molecule has 1 aliphatic rings. The lowest BCUT2D eigenvalue weighted by molar-refractivity contribution is -0.133. The van der Waals surface area contributed by atoms with Crippen LogP contribution in [0.25, 0.3) is 0 Å². The number of nitrogens with zero attached hydrogens (tertiary/aromatic N) is 3. The maximum atomic E-state index is 13.4. The zero-order chi connectivity index (χ0) is 25.1. The van der Waals surface area contributed by atoms with Crippen LogP contribution in [0.4, 0.5) is 0 Å². The van der Waals surface area contributed by atoms with Gasteiger partial charge in [0, 0.05) is 19.0 Å². The van der Waals surface area contributed by atoms with E-state index in [9.17, 15) is 9.59 Å². The molecule has 4 rings (SSSR count). The molecule has 6 heteroatoms. The van der Waals surface area contributed by atoms with Crippen LogP contribution in [-0.4, -0.2) is 48.1 Å². The van der Waals surface area contributed by atoms with Gasteiger partial charge >= 0.3 is 0 Å². The number of ether oxygens (including phenoxy) is 1. The first-order chi connectivity index (χ1) is 16.8. The van der Waals surface area contributed by atoms with Gasteiger partial charge in [0.05, 0.1) is 18.9 Å². The molecule has 1 heterocycles. The normalized spacial score (nSPS) is 15.1. The fraction of sp³-hybridized carbons (Fsp3) is 0.276. The summed E-state index contributed by atoms with van der Waals surface area (Å²) >= 11 is 0. The van der Waals surface area contributed by atoms with Gasteiger partial charge in [-0.3, -0.25) is 9.59 Å². The average molecular weight is 470 g/mol. The first-order valence-electron chi connectivity index (χ1n) is 11.7. The van der Waals surface area contributed by atoms with E-state index in [0.29, 0.717) is 17.7 Å². The predicted molar refractivity (Wildman–Crippen MR) is 138 cm³/mol. The van der Waals surface area contributed by atoms with E-state index in [2.05, 4.69) is 32.0 Å². The third kappa shape index (κ3) is 5.27. The summed E-state index contributed by atoms with van der Waals surface area (Å²) in [6.45, 7) is 6.12. The SMILES string of the molecule is COc1ccc(C(=O)N(C)CC(=O)N2N=C(c3ccc(C)c(C)c3)C[C@H]2c2ccc(C)cc2)cc1. The van der Waals surface area contributed by atoms with E-state index in [1.165, 1.54) is 16.0 Å². The summed E-state index contributed by atoms with van der Waals surface area (Å²) in [6, 6.07) is 21.1. The Morgan fingerprint density at radius 1 is 0.971 bits per heavy atom. The van der Waals surface area contributed by atoms with Crippen molar-refractivity contribution < 1.29 is 14.3 Å². The van der Waals surface area contributed by atoms with Crippen molar-refractivity contribution in [1.82, 2.24) is 9.91 Å². The van der Waals surface area contributed by atoms with Gasteiger partial charge in [-0.1, -0.05) is 42.0 Å². The Hall–Kier alpha value is -3.93. The maximum absolute atomic E-state index is 13.4. The Morgan fingerprint density at radius 2 is 1.66 bits per heavy atom. The van der Waals surface area contributed by atoms with Crippen LogP contribution in [0.15, 0.2) is 71.8 Å². The minimum atomic E-state index is -0.231. The largest absolute Gasteiger partial charge is 0.497 e. The minimum Gasteiger partial charge on any atom is -0.497 e. The molecule has 0 spiro atoms. The van der Waals surface area contributed by atoms with Crippen LogP contribution in [0.2, 0.25) is 0 Å². The lowest BCUT2D eigenvalue weighted by atomic mass is 9.96. The third-order valence-electron chi connectivity index (χ3n) is 6.52. The summed E-state index contributed by atoms with van der Waals surface area (Å²) in [7, 11) is 3.21. The van der Waals surface area contributed by atoms with E-state index < -0.39 is 0 Å². The minimum absolute atomic E-state index is 0.0725. The number of carbonyl (C=O) groups excluding carboxylic acids is 2. The number of rotatable bonds is 6. The van der Waals surface area contributed by atoms with Gasteiger partial charge in [-0.2, -0.15) is 5.10 Å². The number of likely N-dealkylation sites (N-methyl/N-ethyl adjacent to an activating group) is 1. The first-order valence-corrected chi connectivity index (χ1v) is 11.7. The second-order valence-corrected chi connectivity index (χ2v) is 9.10. The molecule has 3 aromatic carbocycles. The van der Waals surface area contributed by atoms with Crippen molar-refractivity contribution in [2.75, 3.05) is 20.7 Å². The molecule has 1 atom stereocenters. The molecule has 0 saturated heterocycles. The quantitative estimate of drug-likeness (QED) is 0.506. The molecule has 0 N–H and O–H groups in total. The molecule has 0 fully saturated rings. The number of aryl methyl sites for hydroxylation is 3. The number of benzene rings is 3. The van der Waals surface area contributed by atoms with Crippen molar-refractivity contribution in [3.05, 3.63) is 100 Å². The van der Waals surface area contributed by atoms with Crippen LogP contribution in [0, 0.1) is 20.8 Å². The summed E-state index contributed by atoms with van der Waals surface area (Å²) in [4.78, 5) is 27.8. The van der Waals surface area contributed by atoms with Gasteiger partial charge in [0.1, 0.15) is 12.3 Å². The van der Waals surface area contributed by atoms with Gasteiger partial charge in [0.2, 0.25) is 0 Å². The molecule has 1 aliphatic heterocycles. The summed E-state index contributed by atoms with van der Waals surface area (Å²) in [6.07, 6.45) is 0.618. The third-order valence-corrected chi connectivity index (χ3v) is 6.52. The van der Waals surface area contributed by atoms with E-state index in [1.54, 1.807) is 43.4 Å². The van der Waals surface area contributed by atoms with Crippen LogP contribution >= 0.6 is 0 Å². The molecule has 0 saturated carbocycles. The Balaban J connectivity index is 1.58. The summed E-state index contributed by atoms with van der Waals surface area (Å²) in [5.41, 5.74) is 6.97. The lowest BCUT2D eigenvalue weighted by Gasteiger charge is -2.25. The topological polar surface area (TPSA) is 62.2 Å². The van der Waals surface area contributed by atoms with Gasteiger partial charge in [-0.05, 0) is 73.4 Å².